The van der Waals surface area contributed by atoms with Gasteiger partial charge in [-0.05, 0) is 121 Å². The molecule has 0 aliphatic carbocycles. The van der Waals surface area contributed by atoms with Crippen molar-refractivity contribution >= 4 is 58.9 Å². The number of alkyl halides is 3. The molecule has 1 aromatic carbocycles. The predicted octanol–water partition coefficient (Wildman–Crippen LogP) is 9.24. The van der Waals surface area contributed by atoms with Crippen molar-refractivity contribution in [3.05, 3.63) is 102 Å². The van der Waals surface area contributed by atoms with Crippen LogP contribution in [0.15, 0.2) is 79.7 Å². The number of nitrogens with one attached hydrogen (secondary N) is 5. The molecule has 4 aromatic heterocycles. The second-order valence-corrected chi connectivity index (χ2v) is 19.7. The summed E-state index contributed by atoms with van der Waals surface area (Å²) < 4.78 is 45.8. The summed E-state index contributed by atoms with van der Waals surface area (Å²) in [5, 5.41) is 42.8. The van der Waals surface area contributed by atoms with Crippen LogP contribution in [0, 0.1) is 13.8 Å². The van der Waals surface area contributed by atoms with Crippen LogP contribution >= 0.6 is 12.4 Å². The van der Waals surface area contributed by atoms with E-state index < -0.39 is 36.0 Å². The highest BCUT2D eigenvalue weighted by Crippen LogP contribution is 2.39. The lowest BCUT2D eigenvalue weighted by molar-refractivity contribution is -0.123. The fraction of sp³-hybridized carbons (Fsp3) is 0.480. The number of amides is 3. The highest BCUT2D eigenvalue weighted by molar-refractivity contribution is 5.85. The Morgan fingerprint density at radius 3 is 1.85 bits per heavy atom. The molecule has 2 saturated heterocycles. The molecule has 5 aromatic rings. The first-order chi connectivity index (χ1) is 34.1. The quantitative estimate of drug-likeness (QED) is 0.0583. The molecule has 2 fully saturated rings. The number of hydrogen-bond acceptors (Lipinski definition) is 14. The number of benzene rings is 1. The normalized spacial score (nSPS) is 18.9. The molecule has 9 rings (SSSR count). The van der Waals surface area contributed by atoms with Crippen LogP contribution in [0.4, 0.5) is 46.0 Å². The number of fused-ring (bicyclic) bond motifs is 4. The monoisotopic (exact) mass is 1040 g/mol. The van der Waals surface area contributed by atoms with Crippen molar-refractivity contribution < 1.29 is 44.8 Å². The van der Waals surface area contributed by atoms with Crippen molar-refractivity contribution in [1.82, 2.24) is 60.3 Å². The first kappa shape index (κ1) is 55.7. The van der Waals surface area contributed by atoms with E-state index in [4.69, 9.17) is 9.72 Å². The van der Waals surface area contributed by atoms with E-state index in [0.29, 0.717) is 67.9 Å². The number of aryl methyl sites for hydroxylation is 2. The summed E-state index contributed by atoms with van der Waals surface area (Å²) in [5.41, 5.74) is 5.78. The Morgan fingerprint density at radius 1 is 0.781 bits per heavy atom. The maximum absolute atomic E-state index is 12.5. The van der Waals surface area contributed by atoms with Gasteiger partial charge in [0.25, 0.3) is 0 Å². The van der Waals surface area contributed by atoms with Gasteiger partial charge in [-0.15, -0.1) is 12.4 Å². The van der Waals surface area contributed by atoms with Crippen molar-refractivity contribution in [3.8, 4) is 5.75 Å². The number of para-hydroxylation sites is 1. The number of aromatic nitrogens is 8. The second kappa shape index (κ2) is 23.9. The van der Waals surface area contributed by atoms with Crippen LogP contribution in [0.1, 0.15) is 103 Å². The Morgan fingerprint density at radius 2 is 1.34 bits per heavy atom. The van der Waals surface area contributed by atoms with Crippen molar-refractivity contribution in [2.75, 3.05) is 23.7 Å². The van der Waals surface area contributed by atoms with E-state index in [-0.39, 0.29) is 31.6 Å². The van der Waals surface area contributed by atoms with E-state index in [1.54, 1.807) is 74.0 Å². The first-order valence-corrected chi connectivity index (χ1v) is 24.1. The summed E-state index contributed by atoms with van der Waals surface area (Å²) in [7, 11) is 0. The van der Waals surface area contributed by atoms with Gasteiger partial charge in [-0.25, -0.2) is 29.5 Å². The zero-order valence-corrected chi connectivity index (χ0v) is 42.9. The zero-order valence-electron chi connectivity index (χ0n) is 42.1. The van der Waals surface area contributed by atoms with Gasteiger partial charge < -0.3 is 46.4 Å². The van der Waals surface area contributed by atoms with E-state index in [9.17, 15) is 33.0 Å². The molecule has 0 saturated carbocycles. The summed E-state index contributed by atoms with van der Waals surface area (Å²) in [5.74, 6) is 1.51. The number of urea groups is 1. The third kappa shape index (κ3) is 16.4. The molecular weight excluding hydrogens is 969 g/mol. The van der Waals surface area contributed by atoms with Gasteiger partial charge in [0.1, 0.15) is 12.3 Å². The molecular formula is C50H76ClF3N14O5. The average Bonchev–Trinajstić information content (AvgIpc) is 4.08. The number of carbonyl (C=O) groups is 2. The number of aliphatic hydroxyl groups is 2. The SMILES string of the molecule is CCNC(=O)Oc1ccccc1.Cc1cnc(Nc2cnn(CC(C)(C)O)c2)nc1C1=CC2CCC(C1)N2.Cc1cnc(Nc2cnn(CC(C)(C)O)c2)nc1C1=CC2CCC(C1)N2C(=O)NCC(F)(F)F.Cl.[HH].[HH].[HH].[HH].[HH]. The van der Waals surface area contributed by atoms with Crippen molar-refractivity contribution in [3.63, 3.8) is 0 Å². The fourth-order valence-corrected chi connectivity index (χ4v) is 8.99. The van der Waals surface area contributed by atoms with Crippen LogP contribution in [0.2, 0.25) is 0 Å². The Bertz CT molecular complexity index is 2750. The number of halogens is 4. The summed E-state index contributed by atoms with van der Waals surface area (Å²) >= 11 is 0. The van der Waals surface area contributed by atoms with Gasteiger partial charge in [0.2, 0.25) is 11.9 Å². The van der Waals surface area contributed by atoms with Crippen LogP contribution < -0.4 is 31.3 Å². The summed E-state index contributed by atoms with van der Waals surface area (Å²) in [4.78, 5) is 43.0. The van der Waals surface area contributed by atoms with Gasteiger partial charge >= 0.3 is 18.3 Å². The molecule has 3 amide bonds. The Balaban J connectivity index is 0.000000616. The lowest BCUT2D eigenvalue weighted by atomic mass is 9.96. The molecule has 4 aliphatic rings. The van der Waals surface area contributed by atoms with Crippen molar-refractivity contribution in [2.45, 2.75) is 142 Å². The number of anilines is 4. The number of nitrogens with zero attached hydrogens (tertiary/aromatic N) is 9. The van der Waals surface area contributed by atoms with E-state index in [2.05, 4.69) is 59.4 Å². The third-order valence-corrected chi connectivity index (χ3v) is 11.9. The largest absolute Gasteiger partial charge is 0.412 e. The van der Waals surface area contributed by atoms with Gasteiger partial charge in [0.15, 0.2) is 0 Å². The van der Waals surface area contributed by atoms with Gasteiger partial charge in [-0.3, -0.25) is 9.36 Å². The molecule has 19 nitrogen and oxygen atoms in total. The number of ether oxygens (including phenoxy) is 1. The Hall–Kier alpha value is -6.62. The van der Waals surface area contributed by atoms with E-state index in [1.165, 1.54) is 23.3 Å². The van der Waals surface area contributed by atoms with Crippen LogP contribution in [0.3, 0.4) is 0 Å². The summed E-state index contributed by atoms with van der Waals surface area (Å²) in [6, 6.07) is 8.88. The molecule has 4 unspecified atom stereocenters. The molecule has 4 bridgehead atoms. The highest BCUT2D eigenvalue weighted by atomic mass is 35.5. The standard InChI is InChI=1S/C22H28F3N7O2.C19H26N6O.C9H11NO2.ClH.5H2/c1-13-8-26-19(29-15-9-28-31(10-15)12-21(2,3)34)30-18(13)14-6-16-4-5-17(7-14)32(16)20(33)27-11-22(23,24)25;1-12-8-20-18(23-16-9-21-25(10-16)11-19(2,3)26)24-17(12)13-6-14-4-5-15(7-13)22-14;1-2-10-9(11)12-8-6-4-3-5-7-8;;;;;;/h6,8-10,16-17,34H,4-5,7,11-12H2,1-3H3,(H,27,33)(H,26,29,30);6,8-10,14-15,22,26H,4-5,7,11H2,1-3H3,(H,20,23,24);3-7H,2H2,1H3,(H,10,11);6*1H. The minimum absolute atomic E-state index is 0. The molecule has 4 atom stereocenters. The lowest BCUT2D eigenvalue weighted by Gasteiger charge is -2.34. The Labute approximate surface area is 436 Å². The van der Waals surface area contributed by atoms with E-state index >= 15 is 0 Å². The fourth-order valence-electron chi connectivity index (χ4n) is 8.99. The zero-order chi connectivity index (χ0) is 51.8. The summed E-state index contributed by atoms with van der Waals surface area (Å²) in [6.45, 7) is 12.7. The topological polar surface area (TPSA) is 234 Å². The molecule has 23 heteroatoms. The number of carbonyl (C=O) groups excluding carboxylic acids is 2. The third-order valence-electron chi connectivity index (χ3n) is 11.9. The highest BCUT2D eigenvalue weighted by Gasteiger charge is 2.41. The lowest BCUT2D eigenvalue weighted by Crippen LogP contribution is -2.50. The van der Waals surface area contributed by atoms with Crippen LogP contribution in [0.25, 0.3) is 11.1 Å². The number of hydrogen-bond donors (Lipinski definition) is 7. The first-order valence-electron chi connectivity index (χ1n) is 24.1. The van der Waals surface area contributed by atoms with E-state index in [0.717, 1.165) is 46.6 Å². The maximum Gasteiger partial charge on any atom is 0.412 e. The molecule has 0 radical (unpaired) electrons. The minimum Gasteiger partial charge on any atom is -0.410 e. The second-order valence-electron chi connectivity index (χ2n) is 19.7. The maximum atomic E-state index is 12.5. The van der Waals surface area contributed by atoms with E-state index in [1.807, 2.05) is 55.8 Å². The molecule has 0 spiro atoms. The smallest absolute Gasteiger partial charge is 0.410 e. The van der Waals surface area contributed by atoms with Crippen LogP contribution in [-0.4, -0.2) is 121 Å². The van der Waals surface area contributed by atoms with Crippen LogP contribution in [-0.2, 0) is 13.1 Å². The molecule has 404 valence electrons. The molecule has 73 heavy (non-hydrogen) atoms. The van der Waals surface area contributed by atoms with Gasteiger partial charge in [0, 0.05) is 56.6 Å². The van der Waals surface area contributed by atoms with Crippen LogP contribution in [0.5, 0.6) is 5.75 Å². The average molecular weight is 1050 g/mol. The molecule has 4 aliphatic heterocycles. The molecule has 8 heterocycles. The van der Waals surface area contributed by atoms with Crippen molar-refractivity contribution in [2.24, 2.45) is 0 Å². The molecule has 7 N–H and O–H groups in total. The summed E-state index contributed by atoms with van der Waals surface area (Å²) in [6.07, 6.45) is 15.3. The van der Waals surface area contributed by atoms with Gasteiger partial charge in [-0.2, -0.15) is 23.4 Å². The number of rotatable bonds is 13. The van der Waals surface area contributed by atoms with Gasteiger partial charge in [-0.1, -0.05) is 30.4 Å². The van der Waals surface area contributed by atoms with Gasteiger partial charge in [0.05, 0.1) is 65.5 Å². The van der Waals surface area contributed by atoms with Crippen molar-refractivity contribution in [1.29, 1.82) is 0 Å². The predicted molar refractivity (Wildman–Crippen MR) is 284 cm³/mol. The Kier molecular flexibility index (Phi) is 18.3. The minimum atomic E-state index is -4.45.